The summed E-state index contributed by atoms with van der Waals surface area (Å²) in [7, 11) is 0. The minimum Gasteiger partial charge on any atom is -0.233 e. The van der Waals surface area contributed by atoms with E-state index in [0.717, 1.165) is 0 Å². The predicted molar refractivity (Wildman–Crippen MR) is 23.6 cm³/mol. The Hall–Kier alpha value is -0.0300. The SMILES string of the molecule is O=[N+]([O-])N(Cl)Br. The summed E-state index contributed by atoms with van der Waals surface area (Å²) >= 11 is 7.00. The highest BCUT2D eigenvalue weighted by atomic mass is 79.9. The van der Waals surface area contributed by atoms with Crippen LogP contribution in [0.3, 0.4) is 0 Å². The first-order valence-corrected chi connectivity index (χ1v) is 1.95. The Kier molecular flexibility index (Phi) is 2.19. The normalized spacial score (nSPS) is 7.67. The summed E-state index contributed by atoms with van der Waals surface area (Å²) in [4.78, 5) is 9.25. The fourth-order valence-electron chi connectivity index (χ4n) is 0. The Balaban J connectivity index is 3.26. The molecule has 4 nitrogen and oxygen atoms in total. The van der Waals surface area contributed by atoms with Gasteiger partial charge in [-0.25, -0.2) is 10.1 Å². The van der Waals surface area contributed by atoms with Gasteiger partial charge in [0, 0.05) is 3.55 Å². The number of hydrazine groups is 1. The van der Waals surface area contributed by atoms with Crippen LogP contribution in [-0.2, 0) is 0 Å². The van der Waals surface area contributed by atoms with Gasteiger partial charge in [-0.15, -0.1) is 0 Å². The maximum Gasteiger partial charge on any atom is 0.187 e. The van der Waals surface area contributed by atoms with Gasteiger partial charge in [-0.1, -0.05) is 0 Å². The third kappa shape index (κ3) is 2.22. The van der Waals surface area contributed by atoms with E-state index in [0.29, 0.717) is 0 Å². The molecule has 0 radical (unpaired) electrons. The average Bonchev–Trinajstić information content (AvgIpc) is 1.36. The number of rotatable bonds is 1. The molecular weight excluding hydrogens is 175 g/mol. The van der Waals surface area contributed by atoms with Crippen LogP contribution in [0.25, 0.3) is 0 Å². The molecule has 0 aromatic heterocycles. The van der Waals surface area contributed by atoms with Crippen molar-refractivity contribution in [1.29, 1.82) is 0 Å². The van der Waals surface area contributed by atoms with Crippen LogP contribution in [0.5, 0.6) is 0 Å². The van der Waals surface area contributed by atoms with E-state index in [1.54, 1.807) is 0 Å². The first-order chi connectivity index (χ1) is 2.64. The molecule has 0 aromatic carbocycles. The molecule has 0 spiro atoms. The summed E-state index contributed by atoms with van der Waals surface area (Å²) in [6, 6.07) is 0. The monoisotopic (exact) mass is 174 g/mol. The quantitative estimate of drug-likeness (QED) is 0.338. The van der Waals surface area contributed by atoms with Gasteiger partial charge in [-0.2, -0.15) is 0 Å². The van der Waals surface area contributed by atoms with E-state index in [-0.39, 0.29) is 3.55 Å². The second-order valence-electron chi connectivity index (χ2n) is 0.453. The van der Waals surface area contributed by atoms with Crippen LogP contribution in [0.2, 0.25) is 0 Å². The zero-order valence-electron chi connectivity index (χ0n) is 2.47. The van der Waals surface area contributed by atoms with Crippen molar-refractivity contribution in [3.05, 3.63) is 10.1 Å². The average molecular weight is 175 g/mol. The largest absolute Gasteiger partial charge is 0.233 e. The second-order valence-corrected chi connectivity index (χ2v) is 1.85. The highest BCUT2D eigenvalue weighted by molar-refractivity contribution is 9.07. The van der Waals surface area contributed by atoms with Gasteiger partial charge in [-0.05, 0) is 0 Å². The molecule has 0 rings (SSSR count). The van der Waals surface area contributed by atoms with E-state index in [4.69, 9.17) is 0 Å². The summed E-state index contributed by atoms with van der Waals surface area (Å²) < 4.78 is 0.174. The number of hydrogen-bond acceptors (Lipinski definition) is 2. The van der Waals surface area contributed by atoms with Gasteiger partial charge >= 0.3 is 0 Å². The molecule has 0 heterocycles. The van der Waals surface area contributed by atoms with E-state index in [2.05, 4.69) is 27.9 Å². The highest BCUT2D eigenvalue weighted by Gasteiger charge is 1.99. The molecule has 0 aromatic rings. The molecule has 36 valence electrons. The summed E-state index contributed by atoms with van der Waals surface area (Å²) in [5, 5.41) is 8.43. The van der Waals surface area contributed by atoms with Gasteiger partial charge in [0.2, 0.25) is 0 Å². The van der Waals surface area contributed by atoms with Crippen LogP contribution in [-0.4, -0.2) is 8.59 Å². The number of nitro groups is 1. The molecule has 0 saturated carbocycles. The number of halogens is 2. The second kappa shape index (κ2) is 2.20. The van der Waals surface area contributed by atoms with Crippen molar-refractivity contribution in [1.82, 2.24) is 3.55 Å². The van der Waals surface area contributed by atoms with Crippen molar-refractivity contribution in [3.63, 3.8) is 0 Å². The Morgan fingerprint density at radius 1 is 2.00 bits per heavy atom. The van der Waals surface area contributed by atoms with Gasteiger partial charge in [0.1, 0.15) is 16.1 Å². The van der Waals surface area contributed by atoms with E-state index in [9.17, 15) is 10.1 Å². The molecule has 0 aliphatic heterocycles. The summed E-state index contributed by atoms with van der Waals surface area (Å²) in [5.74, 6) is 0. The lowest BCUT2D eigenvalue weighted by Crippen LogP contribution is -2.04. The molecule has 6 heavy (non-hydrogen) atoms. The predicted octanol–water partition coefficient (Wildman–Crippen LogP) is 0.944. The van der Waals surface area contributed by atoms with E-state index >= 15 is 0 Å². The Bertz CT molecular complexity index is 62.6. The van der Waals surface area contributed by atoms with Gasteiger partial charge in [0.25, 0.3) is 0 Å². The lowest BCUT2D eigenvalue weighted by molar-refractivity contribution is -0.582. The Labute approximate surface area is 47.2 Å². The van der Waals surface area contributed by atoms with Gasteiger partial charge < -0.3 is 0 Å². The molecule has 0 saturated heterocycles. The van der Waals surface area contributed by atoms with Crippen molar-refractivity contribution in [2.75, 3.05) is 0 Å². The van der Waals surface area contributed by atoms with Crippen LogP contribution in [0.1, 0.15) is 0 Å². The molecule has 0 fully saturated rings. The number of nitrogens with zero attached hydrogens (tertiary/aromatic N) is 2. The van der Waals surface area contributed by atoms with Crippen LogP contribution < -0.4 is 0 Å². The third-order valence-corrected chi connectivity index (χ3v) is 0.506. The van der Waals surface area contributed by atoms with Crippen molar-refractivity contribution >= 4 is 27.9 Å². The van der Waals surface area contributed by atoms with Gasteiger partial charge in [0.05, 0.1) is 11.8 Å². The minimum atomic E-state index is -0.818. The fraction of sp³-hybridized carbons (Fsp3) is 0. The standard InChI is InChI=1S/BrClN2O2/c1-3(2)4(5)6. The Morgan fingerprint density at radius 2 is 2.17 bits per heavy atom. The molecular formula is BrClN2O2. The first kappa shape index (κ1) is 5.97. The van der Waals surface area contributed by atoms with Crippen molar-refractivity contribution in [2.45, 2.75) is 0 Å². The zero-order chi connectivity index (χ0) is 5.15. The van der Waals surface area contributed by atoms with Crippen LogP contribution in [0.15, 0.2) is 0 Å². The summed E-state index contributed by atoms with van der Waals surface area (Å²) in [6.07, 6.45) is 0. The molecule has 6 heteroatoms. The van der Waals surface area contributed by atoms with Gasteiger partial charge in [0.15, 0.2) is 5.03 Å². The molecule has 0 atom stereocenters. The van der Waals surface area contributed by atoms with E-state index in [1.807, 2.05) is 0 Å². The number of hydrogen-bond donors (Lipinski definition) is 0. The van der Waals surface area contributed by atoms with Crippen molar-refractivity contribution in [2.24, 2.45) is 0 Å². The maximum absolute atomic E-state index is 9.25. The molecule has 0 amide bonds. The topological polar surface area (TPSA) is 46.4 Å². The van der Waals surface area contributed by atoms with E-state index < -0.39 is 5.03 Å². The van der Waals surface area contributed by atoms with Crippen LogP contribution in [0, 0.1) is 10.1 Å². The third-order valence-electron chi connectivity index (χ3n) is 0.123. The molecule has 0 unspecified atom stereocenters. The van der Waals surface area contributed by atoms with Gasteiger partial charge in [-0.3, -0.25) is 0 Å². The fourth-order valence-corrected chi connectivity index (χ4v) is 0. The summed E-state index contributed by atoms with van der Waals surface area (Å²) in [5.41, 5.74) is 0. The van der Waals surface area contributed by atoms with Crippen LogP contribution >= 0.6 is 27.9 Å². The molecule has 0 N–H and O–H groups in total. The summed E-state index contributed by atoms with van der Waals surface area (Å²) in [6.45, 7) is 0. The highest BCUT2D eigenvalue weighted by Crippen LogP contribution is 1.98. The van der Waals surface area contributed by atoms with Crippen molar-refractivity contribution < 1.29 is 5.03 Å². The smallest absolute Gasteiger partial charge is 0.187 e. The maximum atomic E-state index is 9.25. The lowest BCUT2D eigenvalue weighted by atomic mass is 12.7. The van der Waals surface area contributed by atoms with Crippen LogP contribution in [0.4, 0.5) is 0 Å². The lowest BCUT2D eigenvalue weighted by Gasteiger charge is -1.86. The molecule has 0 bridgehead atoms. The minimum absolute atomic E-state index is 0.174. The zero-order valence-corrected chi connectivity index (χ0v) is 4.81. The van der Waals surface area contributed by atoms with E-state index in [1.165, 1.54) is 0 Å². The van der Waals surface area contributed by atoms with Crippen molar-refractivity contribution in [3.8, 4) is 0 Å². The molecule has 0 aliphatic rings. The Morgan fingerprint density at radius 3 is 2.17 bits per heavy atom. The molecule has 0 aliphatic carbocycles. The first-order valence-electron chi connectivity index (χ1n) is 0.903.